The lowest BCUT2D eigenvalue weighted by atomic mass is 10.2. The van der Waals surface area contributed by atoms with E-state index >= 15 is 0 Å². The quantitative estimate of drug-likeness (QED) is 0.725. The van der Waals surface area contributed by atoms with E-state index in [0.717, 1.165) is 16.7 Å². The third-order valence-corrected chi connectivity index (χ3v) is 4.48. The van der Waals surface area contributed by atoms with Gasteiger partial charge < -0.3 is 10.1 Å². The summed E-state index contributed by atoms with van der Waals surface area (Å²) in [7, 11) is 0. The maximum atomic E-state index is 11.8. The summed E-state index contributed by atoms with van der Waals surface area (Å²) in [5.41, 5.74) is 0.325. The number of carbonyl (C=O) groups is 4. The van der Waals surface area contributed by atoms with Crippen molar-refractivity contribution < 1.29 is 23.9 Å². The number of hydrogen-bond donors (Lipinski definition) is 1. The molecule has 1 saturated heterocycles. The van der Waals surface area contributed by atoms with Gasteiger partial charge in [0.2, 0.25) is 5.91 Å². The lowest BCUT2D eigenvalue weighted by Crippen LogP contribution is -2.38. The van der Waals surface area contributed by atoms with E-state index in [1.807, 2.05) is 0 Å². The van der Waals surface area contributed by atoms with Crippen LogP contribution in [0.1, 0.15) is 10.4 Å². The van der Waals surface area contributed by atoms with Gasteiger partial charge in [-0.3, -0.25) is 19.3 Å². The first-order valence-electron chi connectivity index (χ1n) is 6.64. The van der Waals surface area contributed by atoms with Crippen molar-refractivity contribution in [1.82, 2.24) is 10.2 Å². The van der Waals surface area contributed by atoms with Gasteiger partial charge in [-0.1, -0.05) is 23.9 Å². The van der Waals surface area contributed by atoms with Crippen LogP contribution in [0.4, 0.5) is 4.79 Å². The lowest BCUT2D eigenvalue weighted by Gasteiger charge is -2.13. The zero-order chi connectivity index (χ0) is 16.8. The van der Waals surface area contributed by atoms with Gasteiger partial charge in [-0.25, -0.2) is 4.79 Å². The van der Waals surface area contributed by atoms with E-state index < -0.39 is 18.5 Å². The molecule has 23 heavy (non-hydrogen) atoms. The number of esters is 1. The average molecular weight is 401 g/mol. The molecule has 0 atom stereocenters. The van der Waals surface area contributed by atoms with Gasteiger partial charge in [-0.2, -0.15) is 0 Å². The molecule has 0 saturated carbocycles. The molecule has 0 radical (unpaired) electrons. The van der Waals surface area contributed by atoms with Gasteiger partial charge >= 0.3 is 5.97 Å². The number of nitrogens with one attached hydrogen (secondary N) is 1. The van der Waals surface area contributed by atoms with Gasteiger partial charge in [0.25, 0.3) is 11.1 Å². The Hall–Kier alpha value is -1.87. The van der Waals surface area contributed by atoms with Crippen LogP contribution in [0.2, 0.25) is 0 Å². The normalized spacial score (nSPS) is 14.0. The molecule has 1 N–H and O–H groups in total. The number of ether oxygens (including phenoxy) is 1. The molecule has 0 spiro atoms. The summed E-state index contributed by atoms with van der Waals surface area (Å²) in [6.45, 7) is -0.213. The molecule has 0 aromatic heterocycles. The molecule has 1 fully saturated rings. The summed E-state index contributed by atoms with van der Waals surface area (Å²) in [6, 6.07) is 6.71. The number of imide groups is 1. The van der Waals surface area contributed by atoms with Gasteiger partial charge in [0.1, 0.15) is 0 Å². The average Bonchev–Trinajstić information content (AvgIpc) is 2.85. The van der Waals surface area contributed by atoms with Gasteiger partial charge in [-0.15, -0.1) is 0 Å². The summed E-state index contributed by atoms with van der Waals surface area (Å²) < 4.78 is 5.48. The fourth-order valence-electron chi connectivity index (χ4n) is 1.79. The van der Waals surface area contributed by atoms with Crippen molar-refractivity contribution in [2.24, 2.45) is 0 Å². The molecule has 9 heteroatoms. The number of nitrogens with zero attached hydrogens (tertiary/aromatic N) is 1. The molecule has 1 heterocycles. The molecule has 1 aliphatic rings. The molecule has 2 rings (SSSR count). The van der Waals surface area contributed by atoms with Crippen molar-refractivity contribution >= 4 is 50.7 Å². The molecule has 7 nitrogen and oxygen atoms in total. The van der Waals surface area contributed by atoms with Crippen LogP contribution in [-0.2, 0) is 14.3 Å². The van der Waals surface area contributed by atoms with Crippen molar-refractivity contribution in [3.05, 3.63) is 34.3 Å². The van der Waals surface area contributed by atoms with Crippen LogP contribution in [0.3, 0.4) is 0 Å². The van der Waals surface area contributed by atoms with Gasteiger partial charge in [0, 0.05) is 17.6 Å². The van der Waals surface area contributed by atoms with Crippen molar-refractivity contribution in [1.29, 1.82) is 0 Å². The Balaban J connectivity index is 1.71. The van der Waals surface area contributed by atoms with Crippen molar-refractivity contribution in [2.45, 2.75) is 0 Å². The molecule has 1 aromatic carbocycles. The van der Waals surface area contributed by atoms with Crippen LogP contribution in [0.15, 0.2) is 28.7 Å². The van der Waals surface area contributed by atoms with Crippen LogP contribution in [0.5, 0.6) is 0 Å². The lowest BCUT2D eigenvalue weighted by molar-refractivity contribution is -0.126. The number of hydrogen-bond acceptors (Lipinski definition) is 6. The maximum Gasteiger partial charge on any atom is 0.339 e. The number of benzene rings is 1. The predicted molar refractivity (Wildman–Crippen MR) is 87.0 cm³/mol. The van der Waals surface area contributed by atoms with Crippen LogP contribution in [-0.4, -0.2) is 53.4 Å². The Bertz CT molecular complexity index is 636. The molecule has 122 valence electrons. The summed E-state index contributed by atoms with van der Waals surface area (Å²) in [4.78, 5) is 47.2. The van der Waals surface area contributed by atoms with E-state index in [1.54, 1.807) is 24.3 Å². The molecular formula is C14H13BrN2O5S. The van der Waals surface area contributed by atoms with Gasteiger partial charge in [0.15, 0.2) is 6.61 Å². The number of thioether (sulfide) groups is 1. The first-order chi connectivity index (χ1) is 11.0. The van der Waals surface area contributed by atoms with Gasteiger partial charge in [0.05, 0.1) is 11.3 Å². The Morgan fingerprint density at radius 1 is 1.30 bits per heavy atom. The topological polar surface area (TPSA) is 92.8 Å². The Labute approximate surface area is 144 Å². The summed E-state index contributed by atoms with van der Waals surface area (Å²) in [5, 5.41) is 2.17. The Morgan fingerprint density at radius 3 is 2.70 bits per heavy atom. The van der Waals surface area contributed by atoms with Crippen LogP contribution >= 0.6 is 27.7 Å². The maximum absolute atomic E-state index is 11.8. The zero-order valence-electron chi connectivity index (χ0n) is 11.9. The SMILES string of the molecule is O=C(COC(=O)c1ccccc1Br)NCCN1C(=O)CSC1=O. The molecule has 1 aliphatic heterocycles. The zero-order valence-corrected chi connectivity index (χ0v) is 14.3. The minimum Gasteiger partial charge on any atom is -0.452 e. The van der Waals surface area contributed by atoms with Gasteiger partial charge in [-0.05, 0) is 28.1 Å². The van der Waals surface area contributed by atoms with Crippen molar-refractivity contribution in [3.63, 3.8) is 0 Å². The molecule has 3 amide bonds. The van der Waals surface area contributed by atoms with E-state index in [9.17, 15) is 19.2 Å². The third kappa shape index (κ3) is 4.80. The standard InChI is InChI=1S/C14H13BrN2O5S/c15-10-4-2-1-3-9(10)13(20)22-7-11(18)16-5-6-17-12(19)8-23-14(17)21/h1-4H,5-8H2,(H,16,18). The largest absolute Gasteiger partial charge is 0.452 e. The van der Waals surface area contributed by atoms with E-state index in [-0.39, 0.29) is 30.0 Å². The highest BCUT2D eigenvalue weighted by Crippen LogP contribution is 2.18. The molecule has 0 bridgehead atoms. The van der Waals surface area contributed by atoms with E-state index in [1.165, 1.54) is 0 Å². The second-order valence-corrected chi connectivity index (χ2v) is 6.29. The molecule has 1 aromatic rings. The Morgan fingerprint density at radius 2 is 2.04 bits per heavy atom. The fraction of sp³-hybridized carbons (Fsp3) is 0.286. The summed E-state index contributed by atoms with van der Waals surface area (Å²) >= 11 is 4.16. The third-order valence-electron chi connectivity index (χ3n) is 2.93. The number of amides is 3. The second-order valence-electron chi connectivity index (χ2n) is 4.51. The summed E-state index contributed by atoms with van der Waals surface area (Å²) in [6.07, 6.45) is 0. The first kappa shape index (κ1) is 17.5. The van der Waals surface area contributed by atoms with Crippen LogP contribution in [0.25, 0.3) is 0 Å². The van der Waals surface area contributed by atoms with Crippen LogP contribution in [0, 0.1) is 0 Å². The second kappa shape index (κ2) is 8.11. The van der Waals surface area contributed by atoms with Crippen molar-refractivity contribution in [2.75, 3.05) is 25.4 Å². The highest BCUT2D eigenvalue weighted by atomic mass is 79.9. The van der Waals surface area contributed by atoms with E-state index in [4.69, 9.17) is 4.74 Å². The van der Waals surface area contributed by atoms with Crippen molar-refractivity contribution in [3.8, 4) is 0 Å². The molecule has 0 unspecified atom stereocenters. The fourth-order valence-corrected chi connectivity index (χ4v) is 2.99. The first-order valence-corrected chi connectivity index (χ1v) is 8.42. The number of rotatable bonds is 6. The molecule has 0 aliphatic carbocycles. The van der Waals surface area contributed by atoms with E-state index in [0.29, 0.717) is 10.0 Å². The minimum atomic E-state index is -0.617. The number of halogens is 1. The van der Waals surface area contributed by atoms with E-state index in [2.05, 4.69) is 21.2 Å². The highest BCUT2D eigenvalue weighted by molar-refractivity contribution is 9.10. The van der Waals surface area contributed by atoms with Crippen LogP contribution < -0.4 is 5.32 Å². The summed E-state index contributed by atoms with van der Waals surface area (Å²) in [5.74, 6) is -1.25. The highest BCUT2D eigenvalue weighted by Gasteiger charge is 2.29. The molecular weight excluding hydrogens is 388 g/mol. The monoisotopic (exact) mass is 400 g/mol. The Kier molecular flexibility index (Phi) is 6.17. The predicted octanol–water partition coefficient (Wildman–Crippen LogP) is 1.42. The smallest absolute Gasteiger partial charge is 0.339 e. The minimum absolute atomic E-state index is 0.106. The number of carbonyl (C=O) groups excluding carboxylic acids is 4.